The Labute approximate surface area is 87.0 Å². The molecule has 0 saturated heterocycles. The minimum Gasteiger partial charge on any atom is -0.359 e. The first-order valence-corrected chi connectivity index (χ1v) is 4.49. The van der Waals surface area contributed by atoms with Crippen molar-refractivity contribution < 1.29 is 4.79 Å². The van der Waals surface area contributed by atoms with Crippen molar-refractivity contribution in [2.45, 2.75) is 0 Å². The molecule has 2 aromatic rings. The summed E-state index contributed by atoms with van der Waals surface area (Å²) in [6, 6.07) is 12.1. The van der Waals surface area contributed by atoms with Crippen LogP contribution in [0.3, 0.4) is 0 Å². The predicted molar refractivity (Wildman–Crippen MR) is 55.4 cm³/mol. The summed E-state index contributed by atoms with van der Waals surface area (Å²) in [6.45, 7) is 0. The smallest absolute Gasteiger partial charge is 0.209 e. The molecule has 0 aliphatic rings. The summed E-state index contributed by atoms with van der Waals surface area (Å²) in [5.41, 5.74) is 1.69. The second-order valence-electron chi connectivity index (χ2n) is 3.10. The van der Waals surface area contributed by atoms with Crippen LogP contribution in [0.1, 0.15) is 21.6 Å². The van der Waals surface area contributed by atoms with Crippen LogP contribution < -0.4 is 0 Å². The fourth-order valence-electron chi connectivity index (χ4n) is 1.32. The number of aromatic amines is 1. The molecule has 3 heteroatoms. The van der Waals surface area contributed by atoms with E-state index in [0.29, 0.717) is 16.8 Å². The Hall–Kier alpha value is -2.34. The maximum atomic E-state index is 11.8. The van der Waals surface area contributed by atoms with Crippen molar-refractivity contribution in [3.63, 3.8) is 0 Å². The zero-order chi connectivity index (χ0) is 10.7. The van der Waals surface area contributed by atoms with E-state index in [0.717, 1.165) is 0 Å². The molecule has 1 aromatic heterocycles. The average Bonchev–Trinajstić information content (AvgIpc) is 2.82. The molecule has 15 heavy (non-hydrogen) atoms. The van der Waals surface area contributed by atoms with E-state index in [-0.39, 0.29) is 5.78 Å². The molecule has 0 saturated carbocycles. The third-order valence-electron chi connectivity index (χ3n) is 2.12. The molecule has 0 amide bonds. The van der Waals surface area contributed by atoms with Crippen molar-refractivity contribution in [3.8, 4) is 6.07 Å². The molecule has 1 heterocycles. The molecule has 1 aromatic carbocycles. The lowest BCUT2D eigenvalue weighted by Gasteiger charge is -1.97. The molecule has 0 aliphatic heterocycles. The quantitative estimate of drug-likeness (QED) is 0.748. The van der Waals surface area contributed by atoms with Gasteiger partial charge in [-0.3, -0.25) is 4.79 Å². The lowest BCUT2D eigenvalue weighted by molar-refractivity contribution is 0.103. The van der Waals surface area contributed by atoms with Crippen LogP contribution in [-0.2, 0) is 0 Å². The number of ketones is 1. The van der Waals surface area contributed by atoms with Crippen LogP contribution in [-0.4, -0.2) is 10.8 Å². The van der Waals surface area contributed by atoms with Gasteiger partial charge in [0.25, 0.3) is 0 Å². The minimum absolute atomic E-state index is 0.0653. The van der Waals surface area contributed by atoms with E-state index in [4.69, 9.17) is 5.26 Å². The number of benzene rings is 1. The molecular formula is C12H8N2O. The lowest BCUT2D eigenvalue weighted by Crippen LogP contribution is -2.01. The van der Waals surface area contributed by atoms with Gasteiger partial charge in [-0.1, -0.05) is 0 Å². The van der Waals surface area contributed by atoms with E-state index >= 15 is 0 Å². The zero-order valence-electron chi connectivity index (χ0n) is 7.90. The number of nitrogens with zero attached hydrogens (tertiary/aromatic N) is 1. The number of hydrogen-bond donors (Lipinski definition) is 1. The van der Waals surface area contributed by atoms with Gasteiger partial charge in [-0.25, -0.2) is 0 Å². The van der Waals surface area contributed by atoms with Crippen molar-refractivity contribution in [1.29, 1.82) is 5.26 Å². The van der Waals surface area contributed by atoms with Crippen LogP contribution in [0.15, 0.2) is 42.6 Å². The molecule has 0 bridgehead atoms. The topological polar surface area (TPSA) is 56.6 Å². The molecule has 0 radical (unpaired) electrons. The van der Waals surface area contributed by atoms with Crippen LogP contribution in [0.5, 0.6) is 0 Å². The van der Waals surface area contributed by atoms with E-state index < -0.39 is 0 Å². The Morgan fingerprint density at radius 2 is 1.93 bits per heavy atom. The Morgan fingerprint density at radius 3 is 2.47 bits per heavy atom. The highest BCUT2D eigenvalue weighted by Crippen LogP contribution is 2.09. The van der Waals surface area contributed by atoms with Crippen molar-refractivity contribution in [3.05, 3.63) is 59.4 Å². The summed E-state index contributed by atoms with van der Waals surface area (Å²) < 4.78 is 0. The maximum Gasteiger partial charge on any atom is 0.209 e. The van der Waals surface area contributed by atoms with Gasteiger partial charge < -0.3 is 4.98 Å². The van der Waals surface area contributed by atoms with Crippen molar-refractivity contribution in [2.24, 2.45) is 0 Å². The second kappa shape index (κ2) is 3.81. The number of nitriles is 1. The van der Waals surface area contributed by atoms with Crippen LogP contribution in [0, 0.1) is 11.3 Å². The third kappa shape index (κ3) is 1.79. The van der Waals surface area contributed by atoms with Gasteiger partial charge in [-0.2, -0.15) is 5.26 Å². The van der Waals surface area contributed by atoms with E-state index in [1.807, 2.05) is 6.07 Å². The number of H-pyrrole nitrogens is 1. The summed E-state index contributed by atoms with van der Waals surface area (Å²) in [5.74, 6) is -0.0653. The van der Waals surface area contributed by atoms with Gasteiger partial charge in [-0.05, 0) is 36.4 Å². The summed E-state index contributed by atoms with van der Waals surface area (Å²) in [6.07, 6.45) is 1.71. The Bertz CT molecular complexity index is 504. The van der Waals surface area contributed by atoms with E-state index in [2.05, 4.69) is 4.98 Å². The Morgan fingerprint density at radius 1 is 1.20 bits per heavy atom. The molecule has 0 unspecified atom stereocenters. The first-order chi connectivity index (χ1) is 7.31. The van der Waals surface area contributed by atoms with E-state index in [9.17, 15) is 4.79 Å². The van der Waals surface area contributed by atoms with Crippen molar-refractivity contribution in [1.82, 2.24) is 4.98 Å². The summed E-state index contributed by atoms with van der Waals surface area (Å²) in [5, 5.41) is 8.61. The van der Waals surface area contributed by atoms with Gasteiger partial charge in [0, 0.05) is 11.8 Å². The van der Waals surface area contributed by atoms with E-state index in [1.165, 1.54) is 0 Å². The molecule has 0 fully saturated rings. The van der Waals surface area contributed by atoms with Gasteiger partial charge in [0.15, 0.2) is 0 Å². The lowest BCUT2D eigenvalue weighted by atomic mass is 10.1. The maximum absolute atomic E-state index is 11.8. The number of carbonyl (C=O) groups is 1. The number of rotatable bonds is 2. The molecule has 0 atom stereocenters. The third-order valence-corrected chi connectivity index (χ3v) is 2.12. The second-order valence-corrected chi connectivity index (χ2v) is 3.10. The fourth-order valence-corrected chi connectivity index (χ4v) is 1.32. The molecule has 3 nitrogen and oxygen atoms in total. The Balaban J connectivity index is 2.32. The predicted octanol–water partition coefficient (Wildman–Crippen LogP) is 2.12. The highest BCUT2D eigenvalue weighted by molar-refractivity contribution is 6.07. The molecule has 0 aliphatic carbocycles. The van der Waals surface area contributed by atoms with Gasteiger partial charge in [0.2, 0.25) is 5.78 Å². The van der Waals surface area contributed by atoms with Crippen LogP contribution in [0.25, 0.3) is 0 Å². The monoisotopic (exact) mass is 196 g/mol. The highest BCUT2D eigenvalue weighted by atomic mass is 16.1. The normalized spacial score (nSPS) is 9.53. The van der Waals surface area contributed by atoms with Gasteiger partial charge >= 0.3 is 0 Å². The molecule has 0 spiro atoms. The number of aromatic nitrogens is 1. The molecule has 2 rings (SSSR count). The fraction of sp³-hybridized carbons (Fsp3) is 0. The first kappa shape index (κ1) is 9.22. The largest absolute Gasteiger partial charge is 0.359 e. The van der Waals surface area contributed by atoms with Crippen LogP contribution in [0.4, 0.5) is 0 Å². The minimum atomic E-state index is -0.0653. The number of carbonyl (C=O) groups excluding carboxylic acids is 1. The standard InChI is InChI=1S/C12H8N2O/c13-8-9-3-5-10(6-4-9)12(15)11-2-1-7-14-11/h1-7,14H. The molecule has 1 N–H and O–H groups in total. The SMILES string of the molecule is N#Cc1ccc(C(=O)c2ccc[nH]2)cc1. The Kier molecular flexibility index (Phi) is 2.34. The average molecular weight is 196 g/mol. The number of hydrogen-bond acceptors (Lipinski definition) is 2. The van der Waals surface area contributed by atoms with Crippen molar-refractivity contribution in [2.75, 3.05) is 0 Å². The number of nitrogens with one attached hydrogen (secondary N) is 1. The first-order valence-electron chi connectivity index (χ1n) is 4.49. The van der Waals surface area contributed by atoms with Crippen molar-refractivity contribution >= 4 is 5.78 Å². The molecule has 72 valence electrons. The van der Waals surface area contributed by atoms with Crippen LogP contribution >= 0.6 is 0 Å². The van der Waals surface area contributed by atoms with Gasteiger partial charge in [-0.15, -0.1) is 0 Å². The van der Waals surface area contributed by atoms with E-state index in [1.54, 1.807) is 42.6 Å². The van der Waals surface area contributed by atoms with Crippen LogP contribution in [0.2, 0.25) is 0 Å². The summed E-state index contributed by atoms with van der Waals surface area (Å²) in [4.78, 5) is 14.6. The highest BCUT2D eigenvalue weighted by Gasteiger charge is 2.08. The zero-order valence-corrected chi connectivity index (χ0v) is 7.90. The van der Waals surface area contributed by atoms with Gasteiger partial charge in [0.1, 0.15) is 0 Å². The van der Waals surface area contributed by atoms with Gasteiger partial charge in [0.05, 0.1) is 17.3 Å². The summed E-state index contributed by atoms with van der Waals surface area (Å²) >= 11 is 0. The molecular weight excluding hydrogens is 188 g/mol. The summed E-state index contributed by atoms with van der Waals surface area (Å²) in [7, 11) is 0.